The molecular formula is C17H20FN3OS. The topological polar surface area (TPSA) is 59.2 Å². The van der Waals surface area contributed by atoms with Crippen molar-refractivity contribution >= 4 is 17.2 Å². The summed E-state index contributed by atoms with van der Waals surface area (Å²) in [5, 5.41) is 2.14. The molecule has 1 atom stereocenters. The second kappa shape index (κ2) is 6.76. The van der Waals surface area contributed by atoms with E-state index in [2.05, 4.69) is 4.98 Å². The van der Waals surface area contributed by atoms with Crippen LogP contribution in [-0.2, 0) is 0 Å². The lowest BCUT2D eigenvalue weighted by Gasteiger charge is -2.34. The SMILES string of the molecule is Cc1ccc(-c2csc(C(=O)N3CCCC[C@H]3CN)n2)c(F)c1. The standard InChI is InChI=1S/C17H20FN3OS/c1-11-5-6-13(14(18)8-11)15-10-23-16(20-15)17(22)21-7-3-2-4-12(21)9-19/h5-6,8,10,12H,2-4,7,9,19H2,1H3/t12-/m0/s1. The van der Waals surface area contributed by atoms with Crippen LogP contribution in [0.15, 0.2) is 23.6 Å². The van der Waals surface area contributed by atoms with Crippen molar-refractivity contribution in [1.29, 1.82) is 0 Å². The molecule has 2 N–H and O–H groups in total. The zero-order valence-corrected chi connectivity index (χ0v) is 13.9. The Bertz CT molecular complexity index is 716. The molecule has 1 aromatic carbocycles. The van der Waals surface area contributed by atoms with Crippen molar-refractivity contribution in [2.24, 2.45) is 5.73 Å². The number of rotatable bonds is 3. The molecule has 0 saturated carbocycles. The van der Waals surface area contributed by atoms with Crippen LogP contribution in [0.2, 0.25) is 0 Å². The summed E-state index contributed by atoms with van der Waals surface area (Å²) in [6, 6.07) is 5.11. The van der Waals surface area contributed by atoms with Crippen LogP contribution in [0, 0.1) is 12.7 Å². The molecule has 122 valence electrons. The molecule has 2 heterocycles. The Balaban J connectivity index is 1.85. The van der Waals surface area contributed by atoms with E-state index >= 15 is 0 Å². The van der Waals surface area contributed by atoms with Crippen LogP contribution in [0.1, 0.15) is 34.6 Å². The molecule has 0 bridgehead atoms. The highest BCUT2D eigenvalue weighted by Crippen LogP contribution is 2.27. The van der Waals surface area contributed by atoms with Crippen LogP contribution in [-0.4, -0.2) is 34.9 Å². The van der Waals surface area contributed by atoms with Crippen LogP contribution in [0.4, 0.5) is 4.39 Å². The summed E-state index contributed by atoms with van der Waals surface area (Å²) >= 11 is 1.26. The van der Waals surface area contributed by atoms with Gasteiger partial charge in [0.15, 0.2) is 5.01 Å². The van der Waals surface area contributed by atoms with Crippen molar-refractivity contribution in [2.75, 3.05) is 13.1 Å². The lowest BCUT2D eigenvalue weighted by molar-refractivity contribution is 0.0623. The van der Waals surface area contributed by atoms with E-state index in [9.17, 15) is 9.18 Å². The van der Waals surface area contributed by atoms with E-state index in [0.717, 1.165) is 24.8 Å². The van der Waals surface area contributed by atoms with Crippen molar-refractivity contribution < 1.29 is 9.18 Å². The van der Waals surface area contributed by atoms with Gasteiger partial charge in [0.05, 0.1) is 5.69 Å². The lowest BCUT2D eigenvalue weighted by atomic mass is 10.0. The molecule has 23 heavy (non-hydrogen) atoms. The number of nitrogens with two attached hydrogens (primary N) is 1. The molecular weight excluding hydrogens is 313 g/mol. The fraction of sp³-hybridized carbons (Fsp3) is 0.412. The molecule has 1 aliphatic rings. The van der Waals surface area contributed by atoms with Crippen molar-refractivity contribution in [3.8, 4) is 11.3 Å². The van der Waals surface area contributed by atoms with Gasteiger partial charge in [-0.25, -0.2) is 9.37 Å². The van der Waals surface area contributed by atoms with Gasteiger partial charge in [0.1, 0.15) is 5.82 Å². The number of aromatic nitrogens is 1. The number of nitrogens with zero attached hydrogens (tertiary/aromatic N) is 2. The predicted molar refractivity (Wildman–Crippen MR) is 90.0 cm³/mol. The molecule has 0 spiro atoms. The van der Waals surface area contributed by atoms with Gasteiger partial charge in [0, 0.05) is 30.1 Å². The highest BCUT2D eigenvalue weighted by atomic mass is 32.1. The number of carbonyl (C=O) groups excluding carboxylic acids is 1. The Morgan fingerprint density at radius 2 is 2.30 bits per heavy atom. The molecule has 1 aromatic heterocycles. The maximum absolute atomic E-state index is 14.1. The first-order valence-corrected chi connectivity index (χ1v) is 8.71. The Morgan fingerprint density at radius 1 is 1.48 bits per heavy atom. The molecule has 0 aliphatic carbocycles. The minimum Gasteiger partial charge on any atom is -0.332 e. The van der Waals surface area contributed by atoms with Crippen molar-refractivity contribution in [3.05, 3.63) is 40.0 Å². The summed E-state index contributed by atoms with van der Waals surface area (Å²) in [6.45, 7) is 3.03. The summed E-state index contributed by atoms with van der Waals surface area (Å²) in [6.07, 6.45) is 3.03. The zero-order chi connectivity index (χ0) is 16.4. The molecule has 0 radical (unpaired) electrons. The Labute approximate surface area is 139 Å². The molecule has 4 nitrogen and oxygen atoms in total. The number of piperidine rings is 1. The number of hydrogen-bond donors (Lipinski definition) is 1. The molecule has 3 rings (SSSR count). The first-order valence-electron chi connectivity index (χ1n) is 7.83. The van der Waals surface area contributed by atoms with Crippen LogP contribution >= 0.6 is 11.3 Å². The van der Waals surface area contributed by atoms with E-state index < -0.39 is 0 Å². The predicted octanol–water partition coefficient (Wildman–Crippen LogP) is 3.21. The van der Waals surface area contributed by atoms with E-state index in [1.54, 1.807) is 11.4 Å². The van der Waals surface area contributed by atoms with Gasteiger partial charge in [-0.05, 0) is 43.9 Å². The number of benzene rings is 1. The van der Waals surface area contributed by atoms with E-state index in [0.29, 0.717) is 29.4 Å². The highest BCUT2D eigenvalue weighted by Gasteiger charge is 2.28. The first-order chi connectivity index (χ1) is 11.1. The van der Waals surface area contributed by atoms with Crippen molar-refractivity contribution in [2.45, 2.75) is 32.2 Å². The maximum Gasteiger partial charge on any atom is 0.283 e. The third-order valence-corrected chi connectivity index (χ3v) is 5.08. The zero-order valence-electron chi connectivity index (χ0n) is 13.1. The van der Waals surface area contributed by atoms with Gasteiger partial charge in [-0.1, -0.05) is 6.07 Å². The lowest BCUT2D eigenvalue weighted by Crippen LogP contribution is -2.47. The summed E-state index contributed by atoms with van der Waals surface area (Å²) in [5.74, 6) is -0.406. The number of halogens is 1. The number of amides is 1. The van der Waals surface area contributed by atoms with Gasteiger partial charge >= 0.3 is 0 Å². The molecule has 0 unspecified atom stereocenters. The van der Waals surface area contributed by atoms with E-state index in [-0.39, 0.29) is 17.8 Å². The summed E-state index contributed by atoms with van der Waals surface area (Å²) in [5.41, 5.74) is 7.58. The van der Waals surface area contributed by atoms with Crippen molar-refractivity contribution in [1.82, 2.24) is 9.88 Å². The minimum absolute atomic E-state index is 0.0831. The van der Waals surface area contributed by atoms with E-state index in [1.165, 1.54) is 17.4 Å². The third kappa shape index (κ3) is 3.28. The number of carbonyl (C=O) groups is 1. The van der Waals surface area contributed by atoms with Crippen LogP contribution < -0.4 is 5.73 Å². The van der Waals surface area contributed by atoms with Crippen molar-refractivity contribution in [3.63, 3.8) is 0 Å². The monoisotopic (exact) mass is 333 g/mol. The molecule has 2 aromatic rings. The fourth-order valence-corrected chi connectivity index (χ4v) is 3.73. The fourth-order valence-electron chi connectivity index (χ4n) is 2.96. The number of hydrogen-bond acceptors (Lipinski definition) is 4. The smallest absolute Gasteiger partial charge is 0.283 e. The normalized spacial score (nSPS) is 18.2. The maximum atomic E-state index is 14.1. The summed E-state index contributed by atoms with van der Waals surface area (Å²) in [4.78, 5) is 18.9. The van der Waals surface area contributed by atoms with Crippen LogP contribution in [0.25, 0.3) is 11.3 Å². The average Bonchev–Trinajstić information content (AvgIpc) is 3.03. The van der Waals surface area contributed by atoms with Gasteiger partial charge in [-0.3, -0.25) is 4.79 Å². The molecule has 6 heteroatoms. The summed E-state index contributed by atoms with van der Waals surface area (Å²) < 4.78 is 14.1. The number of likely N-dealkylation sites (tertiary alicyclic amines) is 1. The van der Waals surface area contributed by atoms with Gasteiger partial charge in [-0.2, -0.15) is 0 Å². The van der Waals surface area contributed by atoms with Gasteiger partial charge < -0.3 is 10.6 Å². The van der Waals surface area contributed by atoms with Gasteiger partial charge in [-0.15, -0.1) is 11.3 Å². The molecule has 1 aliphatic heterocycles. The van der Waals surface area contributed by atoms with Crippen LogP contribution in [0.5, 0.6) is 0 Å². The third-order valence-electron chi connectivity index (χ3n) is 4.25. The largest absolute Gasteiger partial charge is 0.332 e. The molecule has 1 amide bonds. The Hall–Kier alpha value is -1.79. The average molecular weight is 333 g/mol. The van der Waals surface area contributed by atoms with Crippen LogP contribution in [0.3, 0.4) is 0 Å². The molecule has 1 saturated heterocycles. The van der Waals surface area contributed by atoms with E-state index in [4.69, 9.17) is 5.73 Å². The first kappa shape index (κ1) is 16.1. The van der Waals surface area contributed by atoms with Gasteiger partial charge in [0.2, 0.25) is 0 Å². The second-order valence-electron chi connectivity index (χ2n) is 5.91. The summed E-state index contributed by atoms with van der Waals surface area (Å²) in [7, 11) is 0. The highest BCUT2D eigenvalue weighted by molar-refractivity contribution is 7.12. The second-order valence-corrected chi connectivity index (χ2v) is 6.76. The number of aryl methyl sites for hydroxylation is 1. The Morgan fingerprint density at radius 3 is 3.04 bits per heavy atom. The van der Waals surface area contributed by atoms with E-state index in [1.807, 2.05) is 17.9 Å². The number of thiazole rings is 1. The molecule has 1 fully saturated rings. The Kier molecular flexibility index (Phi) is 4.73. The quantitative estimate of drug-likeness (QED) is 0.938. The van der Waals surface area contributed by atoms with Gasteiger partial charge in [0.25, 0.3) is 5.91 Å². The minimum atomic E-state index is -0.313.